The van der Waals surface area contributed by atoms with Crippen LogP contribution in [0.3, 0.4) is 0 Å². The standard InChI is InChI=1S/C14H11Cl4N5/c15-7-1-8(16)4-11(3-7)23(14(21)22-13(19)20)12-5-9(17)2-10(18)6-12/h1-6H,(H5,19,20,21,22). The Morgan fingerprint density at radius 1 is 0.783 bits per heavy atom. The molecule has 0 bridgehead atoms. The van der Waals surface area contributed by atoms with Crippen molar-refractivity contribution < 1.29 is 0 Å². The molecule has 2 aromatic carbocycles. The molecule has 0 aliphatic carbocycles. The van der Waals surface area contributed by atoms with Crippen molar-refractivity contribution in [3.05, 3.63) is 56.5 Å². The second-order valence-electron chi connectivity index (χ2n) is 4.48. The molecule has 0 atom stereocenters. The molecule has 0 saturated carbocycles. The number of hydrogen-bond acceptors (Lipinski definition) is 2. The highest BCUT2D eigenvalue weighted by Gasteiger charge is 2.18. The fourth-order valence-corrected chi connectivity index (χ4v) is 2.96. The second-order valence-corrected chi connectivity index (χ2v) is 6.22. The van der Waals surface area contributed by atoms with Crippen LogP contribution in [0.25, 0.3) is 0 Å². The molecular weight excluding hydrogens is 380 g/mol. The lowest BCUT2D eigenvalue weighted by Crippen LogP contribution is -2.44. The Hall–Kier alpha value is -1.66. The Bertz CT molecular complexity index is 686. The molecule has 23 heavy (non-hydrogen) atoms. The van der Waals surface area contributed by atoms with Crippen LogP contribution in [-0.4, -0.2) is 11.9 Å². The van der Waals surface area contributed by atoms with Crippen molar-refractivity contribution in [1.82, 2.24) is 5.32 Å². The van der Waals surface area contributed by atoms with Crippen LogP contribution < -0.4 is 16.0 Å². The number of nitrogens with one attached hydrogen (secondary N) is 3. The zero-order chi connectivity index (χ0) is 17.1. The van der Waals surface area contributed by atoms with Crippen molar-refractivity contribution >= 4 is 69.7 Å². The Labute approximate surface area is 152 Å². The van der Waals surface area contributed by atoms with Gasteiger partial charge in [-0.15, -0.1) is 0 Å². The zero-order valence-corrected chi connectivity index (χ0v) is 14.5. The highest BCUT2D eigenvalue weighted by atomic mass is 35.5. The molecule has 0 saturated heterocycles. The van der Waals surface area contributed by atoms with Crippen LogP contribution in [0.4, 0.5) is 11.4 Å². The minimum Gasteiger partial charge on any atom is -0.370 e. The SMILES string of the molecule is N=C(N)NC(=N)N(c1cc(Cl)cc(Cl)c1)c1cc(Cl)cc(Cl)c1. The molecule has 0 amide bonds. The molecule has 2 aromatic rings. The Morgan fingerprint density at radius 3 is 1.43 bits per heavy atom. The van der Waals surface area contributed by atoms with Crippen LogP contribution in [-0.2, 0) is 0 Å². The number of benzene rings is 2. The second kappa shape index (κ2) is 7.27. The third-order valence-corrected chi connectivity index (χ3v) is 3.56. The molecular formula is C14H11Cl4N5. The minimum atomic E-state index is -0.388. The summed E-state index contributed by atoms with van der Waals surface area (Å²) in [4.78, 5) is 1.43. The van der Waals surface area contributed by atoms with Gasteiger partial charge in [-0.3, -0.25) is 21.0 Å². The van der Waals surface area contributed by atoms with Crippen LogP contribution in [0.2, 0.25) is 20.1 Å². The van der Waals surface area contributed by atoms with Gasteiger partial charge in [0, 0.05) is 20.1 Å². The number of anilines is 2. The largest absolute Gasteiger partial charge is 0.370 e. The maximum absolute atomic E-state index is 8.15. The van der Waals surface area contributed by atoms with E-state index in [0.717, 1.165) is 0 Å². The summed E-state index contributed by atoms with van der Waals surface area (Å²) in [5.41, 5.74) is 6.28. The average molecular weight is 391 g/mol. The highest BCUT2D eigenvalue weighted by molar-refractivity contribution is 6.36. The van der Waals surface area contributed by atoms with Gasteiger partial charge in [0.25, 0.3) is 0 Å². The van der Waals surface area contributed by atoms with Gasteiger partial charge < -0.3 is 5.73 Å². The number of nitrogens with two attached hydrogens (primary N) is 1. The number of nitrogens with zero attached hydrogens (tertiary/aromatic N) is 1. The van der Waals surface area contributed by atoms with Crippen LogP contribution >= 0.6 is 46.4 Å². The van der Waals surface area contributed by atoms with Gasteiger partial charge in [0.1, 0.15) is 0 Å². The fraction of sp³-hybridized carbons (Fsp3) is 0. The third kappa shape index (κ3) is 4.65. The van der Waals surface area contributed by atoms with Crippen molar-refractivity contribution in [2.45, 2.75) is 0 Å². The van der Waals surface area contributed by atoms with E-state index in [1.807, 2.05) is 0 Å². The predicted molar refractivity (Wildman–Crippen MR) is 97.8 cm³/mol. The first-order valence-corrected chi connectivity index (χ1v) is 7.69. The van der Waals surface area contributed by atoms with Crippen LogP contribution in [0.15, 0.2) is 36.4 Å². The van der Waals surface area contributed by atoms with Gasteiger partial charge in [-0.2, -0.15) is 0 Å². The highest BCUT2D eigenvalue weighted by Crippen LogP contribution is 2.33. The summed E-state index contributed by atoms with van der Waals surface area (Å²) >= 11 is 24.1. The smallest absolute Gasteiger partial charge is 0.207 e. The molecule has 9 heteroatoms. The lowest BCUT2D eigenvalue weighted by Gasteiger charge is -2.26. The number of halogens is 4. The van der Waals surface area contributed by atoms with E-state index in [-0.39, 0.29) is 11.9 Å². The van der Waals surface area contributed by atoms with E-state index in [2.05, 4.69) is 5.32 Å². The Kier molecular flexibility index (Phi) is 5.59. The van der Waals surface area contributed by atoms with Crippen molar-refractivity contribution in [1.29, 1.82) is 10.8 Å². The quantitative estimate of drug-likeness (QED) is 0.436. The van der Waals surface area contributed by atoms with Crippen molar-refractivity contribution in [2.24, 2.45) is 5.73 Å². The van der Waals surface area contributed by atoms with Crippen molar-refractivity contribution in [3.63, 3.8) is 0 Å². The van der Waals surface area contributed by atoms with E-state index >= 15 is 0 Å². The van der Waals surface area contributed by atoms with E-state index in [0.29, 0.717) is 31.5 Å². The van der Waals surface area contributed by atoms with Gasteiger partial charge >= 0.3 is 0 Å². The molecule has 0 unspecified atom stereocenters. The number of rotatable bonds is 2. The maximum atomic E-state index is 8.15. The molecule has 0 aliphatic heterocycles. The van der Waals surface area contributed by atoms with E-state index in [9.17, 15) is 0 Å². The van der Waals surface area contributed by atoms with Gasteiger partial charge in [-0.25, -0.2) is 0 Å². The fourth-order valence-electron chi connectivity index (χ4n) is 1.93. The van der Waals surface area contributed by atoms with Gasteiger partial charge in [0.15, 0.2) is 5.96 Å². The molecule has 0 heterocycles. The molecule has 0 spiro atoms. The molecule has 5 nitrogen and oxygen atoms in total. The van der Waals surface area contributed by atoms with E-state index in [1.54, 1.807) is 36.4 Å². The summed E-state index contributed by atoms with van der Waals surface area (Å²) < 4.78 is 0. The first-order chi connectivity index (χ1) is 10.8. The monoisotopic (exact) mass is 389 g/mol. The van der Waals surface area contributed by atoms with Crippen LogP contribution in [0, 0.1) is 10.8 Å². The average Bonchev–Trinajstić information content (AvgIpc) is 2.35. The third-order valence-electron chi connectivity index (χ3n) is 2.69. The molecule has 0 aliphatic rings. The summed E-state index contributed by atoms with van der Waals surface area (Å²) in [7, 11) is 0. The van der Waals surface area contributed by atoms with Crippen LogP contribution in [0.1, 0.15) is 0 Å². The summed E-state index contributed by atoms with van der Waals surface area (Å²) in [6.07, 6.45) is 0. The Balaban J connectivity index is 2.59. The lowest BCUT2D eigenvalue weighted by atomic mass is 10.2. The van der Waals surface area contributed by atoms with Gasteiger partial charge in [-0.1, -0.05) is 46.4 Å². The van der Waals surface area contributed by atoms with Gasteiger partial charge in [0.2, 0.25) is 5.96 Å². The van der Waals surface area contributed by atoms with Gasteiger partial charge in [0.05, 0.1) is 11.4 Å². The normalized spacial score (nSPS) is 10.3. The molecule has 0 aromatic heterocycles. The first kappa shape index (κ1) is 17.7. The molecule has 120 valence electrons. The topological polar surface area (TPSA) is 89.0 Å². The zero-order valence-electron chi connectivity index (χ0n) is 11.5. The van der Waals surface area contributed by atoms with E-state index in [1.165, 1.54) is 4.90 Å². The Morgan fingerprint density at radius 2 is 1.13 bits per heavy atom. The summed E-state index contributed by atoms with van der Waals surface area (Å²) in [5.74, 6) is -0.574. The van der Waals surface area contributed by atoms with Crippen molar-refractivity contribution in [2.75, 3.05) is 4.90 Å². The summed E-state index contributed by atoms with van der Waals surface area (Å²) in [5, 5.41) is 19.4. The molecule has 0 radical (unpaired) electrons. The summed E-state index contributed by atoms with van der Waals surface area (Å²) in [6, 6.07) is 9.57. The van der Waals surface area contributed by atoms with Crippen molar-refractivity contribution in [3.8, 4) is 0 Å². The van der Waals surface area contributed by atoms with E-state index in [4.69, 9.17) is 63.0 Å². The number of hydrogen-bond donors (Lipinski definition) is 4. The molecule has 5 N–H and O–H groups in total. The maximum Gasteiger partial charge on any atom is 0.207 e. The van der Waals surface area contributed by atoms with Gasteiger partial charge in [-0.05, 0) is 36.4 Å². The molecule has 2 rings (SSSR count). The lowest BCUT2D eigenvalue weighted by molar-refractivity contribution is 1.14. The first-order valence-electron chi connectivity index (χ1n) is 6.18. The minimum absolute atomic E-state index is 0.186. The predicted octanol–water partition coefficient (Wildman–Crippen LogP) is 4.86. The number of guanidine groups is 2. The van der Waals surface area contributed by atoms with E-state index < -0.39 is 0 Å². The summed E-state index contributed by atoms with van der Waals surface area (Å²) in [6.45, 7) is 0. The molecule has 0 fully saturated rings. The van der Waals surface area contributed by atoms with Crippen LogP contribution in [0.5, 0.6) is 0 Å².